The molecule has 0 bridgehead atoms. The van der Waals surface area contributed by atoms with E-state index in [0.717, 1.165) is 5.52 Å². The van der Waals surface area contributed by atoms with Gasteiger partial charge < -0.3 is 20.5 Å². The molecule has 0 fully saturated rings. The van der Waals surface area contributed by atoms with E-state index >= 15 is 0 Å². The number of fused-ring (bicyclic) bond motifs is 1. The molecule has 108 valence electrons. The summed E-state index contributed by atoms with van der Waals surface area (Å²) in [4.78, 5) is 12.1. The number of aromatic amines is 1. The quantitative estimate of drug-likeness (QED) is 0.669. The van der Waals surface area contributed by atoms with Crippen molar-refractivity contribution in [2.45, 2.75) is 6.10 Å². The van der Waals surface area contributed by atoms with Crippen LogP contribution in [0, 0.1) is 0 Å². The van der Waals surface area contributed by atoms with E-state index in [1.807, 2.05) is 0 Å². The minimum atomic E-state index is -0.278. The Morgan fingerprint density at radius 1 is 1.50 bits per heavy atom. The van der Waals surface area contributed by atoms with Crippen LogP contribution in [0.4, 0.5) is 5.69 Å². The summed E-state index contributed by atoms with van der Waals surface area (Å²) >= 11 is 0. The lowest BCUT2D eigenvalue weighted by atomic mass is 10.2. The first-order valence-corrected chi connectivity index (χ1v) is 6.19. The first-order chi connectivity index (χ1) is 9.65. The molecule has 1 atom stereocenters. The summed E-state index contributed by atoms with van der Waals surface area (Å²) in [6, 6.07) is 5.26. The Kier molecular flexibility index (Phi) is 4.54. The van der Waals surface area contributed by atoms with Crippen molar-refractivity contribution < 1.29 is 14.3 Å². The molecule has 4 N–H and O–H groups in total. The van der Waals surface area contributed by atoms with Crippen LogP contribution in [-0.2, 0) is 9.47 Å². The maximum atomic E-state index is 12.1. The van der Waals surface area contributed by atoms with Crippen LogP contribution in [0.15, 0.2) is 18.2 Å². The van der Waals surface area contributed by atoms with Crippen molar-refractivity contribution >= 4 is 22.5 Å². The number of hydrogen-bond donors (Lipinski definition) is 3. The highest BCUT2D eigenvalue weighted by Crippen LogP contribution is 2.18. The number of nitrogen functional groups attached to an aromatic ring is 1. The first-order valence-electron chi connectivity index (χ1n) is 6.19. The molecule has 2 rings (SSSR count). The van der Waals surface area contributed by atoms with E-state index in [2.05, 4.69) is 15.5 Å². The van der Waals surface area contributed by atoms with Crippen LogP contribution in [0.25, 0.3) is 10.9 Å². The van der Waals surface area contributed by atoms with Gasteiger partial charge in [-0.2, -0.15) is 5.10 Å². The number of H-pyrrole nitrogens is 1. The van der Waals surface area contributed by atoms with Gasteiger partial charge in [0.1, 0.15) is 0 Å². The molecule has 0 spiro atoms. The Balaban J connectivity index is 2.09. The fourth-order valence-corrected chi connectivity index (χ4v) is 1.89. The Hall–Kier alpha value is -2.12. The molecule has 1 unspecified atom stereocenters. The van der Waals surface area contributed by atoms with E-state index < -0.39 is 0 Å². The highest BCUT2D eigenvalue weighted by Gasteiger charge is 2.16. The van der Waals surface area contributed by atoms with Gasteiger partial charge in [-0.15, -0.1) is 0 Å². The Morgan fingerprint density at radius 2 is 2.30 bits per heavy atom. The number of amides is 1. The van der Waals surface area contributed by atoms with Gasteiger partial charge in [-0.3, -0.25) is 9.89 Å². The third kappa shape index (κ3) is 3.06. The number of aromatic nitrogens is 2. The van der Waals surface area contributed by atoms with Crippen LogP contribution in [0.2, 0.25) is 0 Å². The molecule has 1 aromatic carbocycles. The van der Waals surface area contributed by atoms with E-state index in [4.69, 9.17) is 15.2 Å². The van der Waals surface area contributed by atoms with Crippen molar-refractivity contribution in [3.05, 3.63) is 23.9 Å². The Morgan fingerprint density at radius 3 is 3.00 bits per heavy atom. The van der Waals surface area contributed by atoms with Crippen LogP contribution < -0.4 is 11.1 Å². The summed E-state index contributed by atoms with van der Waals surface area (Å²) in [5.74, 6) is -0.278. The minimum Gasteiger partial charge on any atom is -0.399 e. The predicted molar refractivity (Wildman–Crippen MR) is 75.5 cm³/mol. The lowest BCUT2D eigenvalue weighted by molar-refractivity contribution is 0.0285. The van der Waals surface area contributed by atoms with Crippen molar-refractivity contribution in [3.8, 4) is 0 Å². The zero-order valence-electron chi connectivity index (χ0n) is 11.5. The third-order valence-corrected chi connectivity index (χ3v) is 2.98. The molecule has 0 saturated carbocycles. The number of nitrogens with one attached hydrogen (secondary N) is 2. The molecule has 0 aliphatic heterocycles. The molecule has 7 heteroatoms. The van der Waals surface area contributed by atoms with Crippen LogP contribution >= 0.6 is 0 Å². The van der Waals surface area contributed by atoms with Crippen molar-refractivity contribution in [2.24, 2.45) is 0 Å². The zero-order chi connectivity index (χ0) is 14.5. The summed E-state index contributed by atoms with van der Waals surface area (Å²) in [6.07, 6.45) is -0.195. The number of nitrogens with zero attached hydrogens (tertiary/aromatic N) is 1. The summed E-state index contributed by atoms with van der Waals surface area (Å²) < 4.78 is 10.2. The SMILES string of the molecule is COCC(CNC(=O)c1n[nH]c2ccc(N)cc12)OC. The number of carbonyl (C=O) groups is 1. The number of methoxy groups -OCH3 is 2. The van der Waals surface area contributed by atoms with Crippen LogP contribution in [-0.4, -0.2) is 49.6 Å². The number of rotatable bonds is 6. The summed E-state index contributed by atoms with van der Waals surface area (Å²) in [6.45, 7) is 0.755. The summed E-state index contributed by atoms with van der Waals surface area (Å²) in [7, 11) is 3.15. The summed E-state index contributed by atoms with van der Waals surface area (Å²) in [5.41, 5.74) is 7.40. The van der Waals surface area contributed by atoms with Gasteiger partial charge in [-0.1, -0.05) is 0 Å². The van der Waals surface area contributed by atoms with Gasteiger partial charge in [0.05, 0.1) is 18.2 Å². The van der Waals surface area contributed by atoms with Crippen molar-refractivity contribution in [3.63, 3.8) is 0 Å². The zero-order valence-corrected chi connectivity index (χ0v) is 11.5. The normalized spacial score (nSPS) is 12.5. The smallest absolute Gasteiger partial charge is 0.272 e. The first kappa shape index (κ1) is 14.3. The third-order valence-electron chi connectivity index (χ3n) is 2.98. The molecule has 20 heavy (non-hydrogen) atoms. The van der Waals surface area contributed by atoms with Crippen molar-refractivity contribution in [1.29, 1.82) is 0 Å². The second-order valence-corrected chi connectivity index (χ2v) is 4.40. The monoisotopic (exact) mass is 278 g/mol. The van der Waals surface area contributed by atoms with Crippen molar-refractivity contribution in [2.75, 3.05) is 33.1 Å². The molecule has 1 amide bonds. The van der Waals surface area contributed by atoms with Gasteiger partial charge in [0.15, 0.2) is 5.69 Å². The van der Waals surface area contributed by atoms with E-state index in [1.165, 1.54) is 0 Å². The molecule has 7 nitrogen and oxygen atoms in total. The van der Waals surface area contributed by atoms with Gasteiger partial charge in [0, 0.05) is 31.8 Å². The molecule has 0 saturated heterocycles. The largest absolute Gasteiger partial charge is 0.399 e. The second kappa shape index (κ2) is 6.36. The maximum absolute atomic E-state index is 12.1. The number of nitrogens with two attached hydrogens (primary N) is 1. The fraction of sp³-hybridized carbons (Fsp3) is 0.385. The molecule has 1 heterocycles. The van der Waals surface area contributed by atoms with Crippen LogP contribution in [0.1, 0.15) is 10.5 Å². The molecule has 0 aliphatic carbocycles. The average Bonchev–Trinajstić information content (AvgIpc) is 2.86. The topological polar surface area (TPSA) is 102 Å². The molecular formula is C13H18N4O3. The average molecular weight is 278 g/mol. The lowest BCUT2D eigenvalue weighted by Crippen LogP contribution is -2.35. The van der Waals surface area contributed by atoms with E-state index in [-0.39, 0.29) is 12.0 Å². The number of carbonyl (C=O) groups excluding carboxylic acids is 1. The lowest BCUT2D eigenvalue weighted by Gasteiger charge is -2.14. The molecule has 0 aliphatic rings. The second-order valence-electron chi connectivity index (χ2n) is 4.40. The highest BCUT2D eigenvalue weighted by atomic mass is 16.5. The number of ether oxygens (including phenoxy) is 2. The van der Waals surface area contributed by atoms with E-state index in [9.17, 15) is 4.79 Å². The van der Waals surface area contributed by atoms with Gasteiger partial charge in [0.25, 0.3) is 5.91 Å². The van der Waals surface area contributed by atoms with Crippen LogP contribution in [0.3, 0.4) is 0 Å². The maximum Gasteiger partial charge on any atom is 0.272 e. The molecule has 2 aromatic rings. The highest BCUT2D eigenvalue weighted by molar-refractivity contribution is 6.05. The molecule has 0 radical (unpaired) electrons. The number of hydrogen-bond acceptors (Lipinski definition) is 5. The van der Waals surface area contributed by atoms with Gasteiger partial charge in [0.2, 0.25) is 0 Å². The number of benzene rings is 1. The summed E-state index contributed by atoms with van der Waals surface area (Å²) in [5, 5.41) is 10.3. The Bertz CT molecular complexity index is 596. The fourth-order valence-electron chi connectivity index (χ4n) is 1.89. The van der Waals surface area contributed by atoms with E-state index in [0.29, 0.717) is 29.9 Å². The minimum absolute atomic E-state index is 0.195. The van der Waals surface area contributed by atoms with E-state index in [1.54, 1.807) is 32.4 Å². The van der Waals surface area contributed by atoms with Crippen LogP contribution in [0.5, 0.6) is 0 Å². The van der Waals surface area contributed by atoms with Gasteiger partial charge in [-0.25, -0.2) is 0 Å². The molecule has 1 aromatic heterocycles. The van der Waals surface area contributed by atoms with Crippen molar-refractivity contribution in [1.82, 2.24) is 15.5 Å². The predicted octanol–water partition coefficient (Wildman–Crippen LogP) is 0.536. The molecular weight excluding hydrogens is 260 g/mol. The van der Waals surface area contributed by atoms with Gasteiger partial charge in [-0.05, 0) is 18.2 Å². The number of anilines is 1. The standard InChI is InChI=1S/C13H18N4O3/c1-19-7-9(20-2)6-15-13(18)12-10-5-8(14)3-4-11(10)16-17-12/h3-5,9H,6-7,14H2,1-2H3,(H,15,18)(H,16,17). The Labute approximate surface area is 116 Å². The van der Waals surface area contributed by atoms with Gasteiger partial charge >= 0.3 is 0 Å².